The number of amides is 6. The van der Waals surface area contributed by atoms with E-state index in [-0.39, 0.29) is 50.3 Å². The van der Waals surface area contributed by atoms with Gasteiger partial charge < -0.3 is 101 Å². The van der Waals surface area contributed by atoms with E-state index in [2.05, 4.69) is 31.9 Å². The molecule has 14 N–H and O–H groups in total. The van der Waals surface area contributed by atoms with Crippen LogP contribution in [0.3, 0.4) is 0 Å². The molecule has 0 radical (unpaired) electrons. The summed E-state index contributed by atoms with van der Waals surface area (Å²) in [6.07, 6.45) is -14.9. The predicted molar refractivity (Wildman–Crippen MR) is 348 cm³/mol. The second-order valence-corrected chi connectivity index (χ2v) is 24.9. The smallest absolute Gasteiger partial charge is 0.364 e. The second-order valence-electron chi connectivity index (χ2n) is 22.4. The number of aliphatic carboxylic acids is 2. The van der Waals surface area contributed by atoms with E-state index in [1.807, 2.05) is 12.1 Å². The Balaban J connectivity index is 0.770. The van der Waals surface area contributed by atoms with E-state index in [1.165, 1.54) is 72.1 Å². The molecule has 2 heterocycles. The Bertz CT molecular complexity index is 3150. The molecule has 5 aromatic rings. The first-order chi connectivity index (χ1) is 46.0. The molecule has 2 aliphatic rings. The van der Waals surface area contributed by atoms with E-state index in [0.717, 1.165) is 13.8 Å². The molecule has 28 nitrogen and oxygen atoms in total. The van der Waals surface area contributed by atoms with Crippen LogP contribution in [0.2, 0.25) is 0 Å². The zero-order valence-electron chi connectivity index (χ0n) is 52.5. The lowest BCUT2D eigenvalue weighted by Gasteiger charge is -2.46. The van der Waals surface area contributed by atoms with E-state index in [9.17, 15) is 79.2 Å². The molecule has 12 atom stereocenters. The minimum atomic E-state index is -2.50. The first kappa shape index (κ1) is 75.1. The van der Waals surface area contributed by atoms with Crippen molar-refractivity contribution in [2.24, 2.45) is 0 Å². The van der Waals surface area contributed by atoms with Crippen LogP contribution in [0, 0.1) is 0 Å². The van der Waals surface area contributed by atoms with Crippen molar-refractivity contribution in [1.29, 1.82) is 0 Å². The van der Waals surface area contributed by atoms with Crippen LogP contribution in [0.4, 0.5) is 0 Å². The minimum Gasteiger partial charge on any atom is -0.477 e. The molecule has 0 spiro atoms. The van der Waals surface area contributed by atoms with Gasteiger partial charge in [0, 0.05) is 86.6 Å². The molecule has 5 aromatic carbocycles. The summed E-state index contributed by atoms with van der Waals surface area (Å²) in [5.74, 6) is -7.73. The number of hydrogen-bond donors (Lipinski definition) is 14. The van der Waals surface area contributed by atoms with Gasteiger partial charge in [-0.05, 0) is 121 Å². The highest BCUT2D eigenvalue weighted by molar-refractivity contribution is 7.99. The van der Waals surface area contributed by atoms with Crippen molar-refractivity contribution in [1.82, 2.24) is 31.9 Å². The number of carboxylic acid groups (broad SMARTS) is 2. The van der Waals surface area contributed by atoms with Crippen LogP contribution in [0.15, 0.2) is 133 Å². The fourth-order valence-corrected chi connectivity index (χ4v) is 11.8. The average molecular weight is 1370 g/mol. The number of carbonyl (C=O) groups excluding carboxylic acids is 6. The molecule has 30 heteroatoms. The van der Waals surface area contributed by atoms with Gasteiger partial charge in [-0.1, -0.05) is 36.4 Å². The molecule has 2 aliphatic heterocycles. The number of carboxylic acids is 2. The van der Waals surface area contributed by atoms with E-state index in [0.29, 0.717) is 57.1 Å². The molecular weight excluding hydrogens is 1290 g/mol. The highest BCUT2D eigenvalue weighted by Gasteiger charge is 2.57. The van der Waals surface area contributed by atoms with Crippen molar-refractivity contribution in [3.63, 3.8) is 0 Å². The van der Waals surface area contributed by atoms with Gasteiger partial charge in [0.2, 0.25) is 11.8 Å². The van der Waals surface area contributed by atoms with Crippen LogP contribution in [0.1, 0.15) is 81.0 Å². The number of aliphatic hydroxyl groups is 6. The number of ether oxygens (including phenoxy) is 6. The van der Waals surface area contributed by atoms with Crippen molar-refractivity contribution < 1.29 is 108 Å². The van der Waals surface area contributed by atoms with Gasteiger partial charge in [-0.25, -0.2) is 9.59 Å². The first-order valence-electron chi connectivity index (χ1n) is 30.7. The van der Waals surface area contributed by atoms with Gasteiger partial charge in [-0.15, -0.1) is 0 Å². The minimum absolute atomic E-state index is 0.194. The van der Waals surface area contributed by atoms with Crippen molar-refractivity contribution in [3.05, 3.63) is 156 Å². The Hall–Kier alpha value is -8.24. The second kappa shape index (κ2) is 36.8. The van der Waals surface area contributed by atoms with Crippen LogP contribution in [0.25, 0.3) is 0 Å². The lowest BCUT2D eigenvalue weighted by atomic mass is 9.88. The Morgan fingerprint density at radius 3 is 1.10 bits per heavy atom. The van der Waals surface area contributed by atoms with Crippen LogP contribution in [-0.4, -0.2) is 223 Å². The van der Waals surface area contributed by atoms with Crippen molar-refractivity contribution in [2.75, 3.05) is 62.4 Å². The Morgan fingerprint density at radius 1 is 0.469 bits per heavy atom. The topological polar surface area (TPSA) is 426 Å². The van der Waals surface area contributed by atoms with Crippen LogP contribution in [-0.2, 0) is 38.1 Å². The molecule has 7 rings (SSSR count). The summed E-state index contributed by atoms with van der Waals surface area (Å²) < 4.78 is 34.6. The number of para-hydroxylation sites is 2. The third kappa shape index (κ3) is 21.9. The van der Waals surface area contributed by atoms with Crippen LogP contribution < -0.4 is 41.4 Å². The summed E-state index contributed by atoms with van der Waals surface area (Å²) in [5.41, 5.74) is 0.985. The highest BCUT2D eigenvalue weighted by Crippen LogP contribution is 2.36. The van der Waals surface area contributed by atoms with Gasteiger partial charge in [0.1, 0.15) is 47.4 Å². The normalized spacial score (nSPS) is 22.0. The molecule has 0 bridgehead atoms. The number of rotatable bonds is 36. The molecule has 2 fully saturated rings. The van der Waals surface area contributed by atoms with Crippen molar-refractivity contribution in [3.8, 4) is 23.0 Å². The molecular formula is C66H80N6O22S2. The fourth-order valence-electron chi connectivity index (χ4n) is 10.2. The molecule has 2 unspecified atom stereocenters. The van der Waals surface area contributed by atoms with Gasteiger partial charge in [-0.2, -0.15) is 23.5 Å². The summed E-state index contributed by atoms with van der Waals surface area (Å²) in [6.45, 7) is 1.31. The van der Waals surface area contributed by atoms with E-state index in [1.54, 1.807) is 72.8 Å². The van der Waals surface area contributed by atoms with Crippen molar-refractivity contribution in [2.45, 2.75) is 112 Å². The maximum atomic E-state index is 13.0. The Morgan fingerprint density at radius 2 is 0.781 bits per heavy atom. The highest BCUT2D eigenvalue weighted by atomic mass is 32.2. The Labute approximate surface area is 561 Å². The fraction of sp³-hybridized carbons (Fsp3) is 0.424. The number of thioether (sulfide) groups is 2. The zero-order chi connectivity index (χ0) is 69.4. The quantitative estimate of drug-likeness (QED) is 0.0256. The standard InChI is InChI=1S/C66H80N6O22S2/c1-39(73)71-53-49(75)35-65(63(85)86,93-57(53)55(79)51(77)37-69-61(83)43-19-23-47(24-20-43)91-45-11-5-3-6-12-45)89-29-9-31-95-33-27-67-59(81)41-15-17-42(18-16-41)60(82)68-28-34-96-32-10-30-90-66(64(87)88)36-50(76)54(72-40(2)74)58(94-66)56(80)52(78)38-70-62(84)44-21-25-48(26-22-44)92-46-13-7-4-8-14-46/h3-8,11-26,49-58,75-80H,9-10,27-38H2,1-2H3,(H,67,81)(H,68,82)(H,69,83)(H,70,84)(H,71,73)(H,72,74)(H,85,86)(H,87,88)/t49-,50-,51+,52+,53+,54+,55?,56?,57+,58+,65+,66+/m0/s1. The van der Waals surface area contributed by atoms with Gasteiger partial charge in [0.25, 0.3) is 35.2 Å². The average Bonchev–Trinajstić information content (AvgIpc) is 0.777. The van der Waals surface area contributed by atoms with E-state index < -0.39 is 146 Å². The van der Waals surface area contributed by atoms with E-state index in [4.69, 9.17) is 28.4 Å². The monoisotopic (exact) mass is 1370 g/mol. The van der Waals surface area contributed by atoms with Gasteiger partial charge >= 0.3 is 11.9 Å². The summed E-state index contributed by atoms with van der Waals surface area (Å²) in [4.78, 5) is 102. The molecule has 2 saturated heterocycles. The first-order valence-corrected chi connectivity index (χ1v) is 33.1. The van der Waals surface area contributed by atoms with Crippen LogP contribution in [0.5, 0.6) is 23.0 Å². The van der Waals surface area contributed by atoms with Gasteiger partial charge in [0.15, 0.2) is 0 Å². The number of benzene rings is 5. The Kier molecular flexibility index (Phi) is 28.8. The van der Waals surface area contributed by atoms with E-state index >= 15 is 0 Å². The number of hydrogen-bond acceptors (Lipinski definition) is 22. The third-order valence-corrected chi connectivity index (χ3v) is 17.3. The summed E-state index contributed by atoms with van der Waals surface area (Å²) in [5, 5.41) is 103. The van der Waals surface area contributed by atoms with Crippen LogP contribution >= 0.6 is 23.5 Å². The number of carbonyl (C=O) groups is 8. The largest absolute Gasteiger partial charge is 0.477 e. The molecule has 0 aromatic heterocycles. The predicted octanol–water partition coefficient (Wildman–Crippen LogP) is 2.19. The number of nitrogens with one attached hydrogen (secondary N) is 6. The zero-order valence-corrected chi connectivity index (χ0v) is 54.1. The maximum absolute atomic E-state index is 13.0. The molecule has 518 valence electrons. The third-order valence-electron chi connectivity index (χ3n) is 15.1. The maximum Gasteiger partial charge on any atom is 0.364 e. The number of aliphatic hydroxyl groups excluding tert-OH is 6. The van der Waals surface area contributed by atoms with Crippen molar-refractivity contribution >= 4 is 70.9 Å². The summed E-state index contributed by atoms with van der Waals surface area (Å²) >= 11 is 2.83. The van der Waals surface area contributed by atoms with Gasteiger partial charge in [0.05, 0.1) is 49.7 Å². The molecule has 96 heavy (non-hydrogen) atoms. The lowest BCUT2D eigenvalue weighted by Crippen LogP contribution is -2.68. The summed E-state index contributed by atoms with van der Waals surface area (Å²) in [6, 6.07) is 33.4. The SMILES string of the molecule is CC(=O)N[C@@H]1[C@@H](O)C[C@](OCCCSCCNC(=O)c2ccc(C(=O)NCCSCCCO[C@]3(C(=O)O)C[C@H](O)[C@@H](NC(C)=O)[C@H](C(O)[C@H](O)CNC(=O)c4ccc(Oc5ccccc5)cc4)O3)cc2)(C(=O)O)O[C@H]1C(O)[C@H](O)CNC(=O)c1ccc(Oc2ccccc2)cc1. The molecule has 6 amide bonds. The summed E-state index contributed by atoms with van der Waals surface area (Å²) in [7, 11) is 0. The molecule has 0 aliphatic carbocycles. The lowest BCUT2D eigenvalue weighted by molar-refractivity contribution is -0.310. The van der Waals surface area contributed by atoms with Gasteiger partial charge in [-0.3, -0.25) is 28.8 Å². The molecule has 0 saturated carbocycles.